The normalized spacial score (nSPS) is 11.7. The van der Waals surface area contributed by atoms with Crippen molar-refractivity contribution in [2.45, 2.75) is 16.8 Å². The van der Waals surface area contributed by atoms with Crippen LogP contribution in [0.1, 0.15) is 17.2 Å². The standard InChI is InChI=1S/C22H21NO2S/c1-25-21(18-8-4-2-5-9-18)22(24)23-19-14-12-17(13-15-19)16-26-20-10-6-3-7-11-20/h2-15,21H,16H2,1H3,(H,23,24)/t21-/m1/s1. The largest absolute Gasteiger partial charge is 0.367 e. The van der Waals surface area contributed by atoms with Crippen molar-refractivity contribution >= 4 is 23.4 Å². The molecule has 0 aliphatic carbocycles. The monoisotopic (exact) mass is 363 g/mol. The first-order valence-electron chi connectivity index (χ1n) is 8.41. The Morgan fingerprint density at radius 2 is 1.54 bits per heavy atom. The summed E-state index contributed by atoms with van der Waals surface area (Å²) < 4.78 is 5.37. The second-order valence-corrected chi connectivity index (χ2v) is 6.86. The van der Waals surface area contributed by atoms with Gasteiger partial charge in [0.25, 0.3) is 5.91 Å². The number of hydrogen-bond acceptors (Lipinski definition) is 3. The van der Waals surface area contributed by atoms with Crippen LogP contribution in [0.3, 0.4) is 0 Å². The van der Waals surface area contributed by atoms with E-state index in [1.165, 1.54) is 10.5 Å². The van der Waals surface area contributed by atoms with Crippen LogP contribution < -0.4 is 5.32 Å². The molecular weight excluding hydrogens is 342 g/mol. The second kappa shape index (κ2) is 9.22. The summed E-state index contributed by atoms with van der Waals surface area (Å²) in [5.74, 6) is 0.716. The molecule has 0 heterocycles. The topological polar surface area (TPSA) is 38.3 Å². The van der Waals surface area contributed by atoms with Gasteiger partial charge in [0.2, 0.25) is 0 Å². The van der Waals surface area contributed by atoms with Crippen LogP contribution in [-0.4, -0.2) is 13.0 Å². The molecule has 1 N–H and O–H groups in total. The van der Waals surface area contributed by atoms with Crippen LogP contribution >= 0.6 is 11.8 Å². The molecule has 0 radical (unpaired) electrons. The summed E-state index contributed by atoms with van der Waals surface area (Å²) in [4.78, 5) is 13.7. The van der Waals surface area contributed by atoms with E-state index < -0.39 is 6.10 Å². The second-order valence-electron chi connectivity index (χ2n) is 5.81. The summed E-state index contributed by atoms with van der Waals surface area (Å²) in [6, 6.07) is 27.7. The quantitative estimate of drug-likeness (QED) is 0.579. The molecule has 0 saturated carbocycles. The third-order valence-corrected chi connectivity index (χ3v) is 5.03. The van der Waals surface area contributed by atoms with Gasteiger partial charge in [0.1, 0.15) is 0 Å². The first-order chi connectivity index (χ1) is 12.8. The summed E-state index contributed by atoms with van der Waals surface area (Å²) in [5.41, 5.74) is 2.81. The predicted molar refractivity (Wildman–Crippen MR) is 107 cm³/mol. The van der Waals surface area contributed by atoms with Gasteiger partial charge in [-0.2, -0.15) is 0 Å². The van der Waals surface area contributed by atoms with Gasteiger partial charge < -0.3 is 10.1 Å². The number of amides is 1. The van der Waals surface area contributed by atoms with Crippen molar-refractivity contribution in [2.24, 2.45) is 0 Å². The number of carbonyl (C=O) groups is 1. The Kier molecular flexibility index (Phi) is 6.47. The van der Waals surface area contributed by atoms with Crippen molar-refractivity contribution in [1.29, 1.82) is 0 Å². The third-order valence-electron chi connectivity index (χ3n) is 3.95. The van der Waals surface area contributed by atoms with Gasteiger partial charge in [0, 0.05) is 23.4 Å². The Labute approximate surface area is 158 Å². The molecule has 3 aromatic rings. The molecule has 3 aromatic carbocycles. The average molecular weight is 363 g/mol. The number of rotatable bonds is 7. The van der Waals surface area contributed by atoms with Gasteiger partial charge in [-0.1, -0.05) is 60.7 Å². The molecule has 0 saturated heterocycles. The Balaban J connectivity index is 1.59. The van der Waals surface area contributed by atoms with Crippen molar-refractivity contribution in [1.82, 2.24) is 0 Å². The summed E-state index contributed by atoms with van der Waals surface area (Å²) in [6.45, 7) is 0. The number of benzene rings is 3. The summed E-state index contributed by atoms with van der Waals surface area (Å²) in [6.07, 6.45) is -0.621. The molecule has 0 aliphatic heterocycles. The molecule has 0 fully saturated rings. The lowest BCUT2D eigenvalue weighted by Gasteiger charge is -2.15. The lowest BCUT2D eigenvalue weighted by atomic mass is 10.1. The molecule has 1 atom stereocenters. The fraction of sp³-hybridized carbons (Fsp3) is 0.136. The van der Waals surface area contributed by atoms with Gasteiger partial charge in [0.15, 0.2) is 6.10 Å². The van der Waals surface area contributed by atoms with Gasteiger partial charge in [-0.05, 0) is 35.4 Å². The maximum Gasteiger partial charge on any atom is 0.258 e. The summed E-state index contributed by atoms with van der Waals surface area (Å²) in [5, 5.41) is 2.92. The van der Waals surface area contributed by atoms with Crippen LogP contribution in [0.5, 0.6) is 0 Å². The molecule has 0 spiro atoms. The zero-order valence-corrected chi connectivity index (χ0v) is 15.4. The van der Waals surface area contributed by atoms with E-state index in [9.17, 15) is 4.79 Å². The maximum atomic E-state index is 12.5. The smallest absolute Gasteiger partial charge is 0.258 e. The molecule has 0 aromatic heterocycles. The van der Waals surface area contributed by atoms with Crippen molar-refractivity contribution < 1.29 is 9.53 Å². The molecule has 132 valence electrons. The highest BCUT2D eigenvalue weighted by Crippen LogP contribution is 2.24. The van der Waals surface area contributed by atoms with Gasteiger partial charge >= 0.3 is 0 Å². The minimum absolute atomic E-state index is 0.176. The fourth-order valence-electron chi connectivity index (χ4n) is 2.60. The van der Waals surface area contributed by atoms with E-state index in [0.29, 0.717) is 0 Å². The van der Waals surface area contributed by atoms with Gasteiger partial charge in [-0.3, -0.25) is 4.79 Å². The Hall–Kier alpha value is -2.56. The first kappa shape index (κ1) is 18.2. The molecule has 0 aliphatic rings. The highest BCUT2D eigenvalue weighted by molar-refractivity contribution is 7.98. The van der Waals surface area contributed by atoms with E-state index in [-0.39, 0.29) is 5.91 Å². The molecule has 3 nitrogen and oxygen atoms in total. The zero-order chi connectivity index (χ0) is 18.2. The number of carbonyl (C=O) groups excluding carboxylic acids is 1. The number of methoxy groups -OCH3 is 1. The van der Waals surface area contributed by atoms with E-state index in [1.807, 2.05) is 72.8 Å². The molecule has 0 unspecified atom stereocenters. The molecule has 4 heteroatoms. The maximum absolute atomic E-state index is 12.5. The Bertz CT molecular complexity index is 820. The summed E-state index contributed by atoms with van der Waals surface area (Å²) >= 11 is 1.79. The van der Waals surface area contributed by atoms with Crippen LogP contribution in [0.15, 0.2) is 89.8 Å². The Morgan fingerprint density at radius 3 is 2.15 bits per heavy atom. The molecule has 1 amide bonds. The zero-order valence-electron chi connectivity index (χ0n) is 14.6. The van der Waals surface area contributed by atoms with Crippen LogP contribution in [0.25, 0.3) is 0 Å². The number of nitrogens with one attached hydrogen (secondary N) is 1. The van der Waals surface area contributed by atoms with Crippen molar-refractivity contribution in [3.05, 3.63) is 96.1 Å². The average Bonchev–Trinajstić information content (AvgIpc) is 2.70. The van der Waals surface area contributed by atoms with Crippen molar-refractivity contribution in [3.8, 4) is 0 Å². The number of anilines is 1. The SMILES string of the molecule is CO[C@@H](C(=O)Nc1ccc(CSc2ccccc2)cc1)c1ccccc1. The van der Waals surface area contributed by atoms with Crippen LogP contribution in [0.4, 0.5) is 5.69 Å². The number of thioether (sulfide) groups is 1. The van der Waals surface area contributed by atoms with E-state index >= 15 is 0 Å². The molecule has 26 heavy (non-hydrogen) atoms. The van der Waals surface area contributed by atoms with Crippen molar-refractivity contribution in [2.75, 3.05) is 12.4 Å². The van der Waals surface area contributed by atoms with Crippen LogP contribution in [0, 0.1) is 0 Å². The van der Waals surface area contributed by atoms with Gasteiger partial charge in [-0.15, -0.1) is 11.8 Å². The Morgan fingerprint density at radius 1 is 0.923 bits per heavy atom. The van der Waals surface area contributed by atoms with E-state index in [2.05, 4.69) is 17.4 Å². The van der Waals surface area contributed by atoms with Crippen molar-refractivity contribution in [3.63, 3.8) is 0 Å². The fourth-order valence-corrected chi connectivity index (χ4v) is 3.47. The van der Waals surface area contributed by atoms with E-state index in [0.717, 1.165) is 17.0 Å². The molecule has 0 bridgehead atoms. The first-order valence-corrected chi connectivity index (χ1v) is 9.40. The molecule has 3 rings (SSSR count). The van der Waals surface area contributed by atoms with Crippen LogP contribution in [0.2, 0.25) is 0 Å². The molecular formula is C22H21NO2S. The summed E-state index contributed by atoms with van der Waals surface area (Å²) in [7, 11) is 1.54. The highest BCUT2D eigenvalue weighted by Gasteiger charge is 2.19. The van der Waals surface area contributed by atoms with Gasteiger partial charge in [-0.25, -0.2) is 0 Å². The van der Waals surface area contributed by atoms with Gasteiger partial charge in [0.05, 0.1) is 0 Å². The van der Waals surface area contributed by atoms with Crippen LogP contribution in [-0.2, 0) is 15.3 Å². The van der Waals surface area contributed by atoms with E-state index in [1.54, 1.807) is 18.9 Å². The lowest BCUT2D eigenvalue weighted by molar-refractivity contribution is -0.126. The minimum atomic E-state index is -0.621. The highest BCUT2D eigenvalue weighted by atomic mass is 32.2. The third kappa shape index (κ3) is 4.97. The lowest BCUT2D eigenvalue weighted by Crippen LogP contribution is -2.22. The van der Waals surface area contributed by atoms with E-state index in [4.69, 9.17) is 4.74 Å². The number of hydrogen-bond donors (Lipinski definition) is 1. The number of ether oxygens (including phenoxy) is 1. The predicted octanol–water partition coefficient (Wildman–Crippen LogP) is 5.31. The minimum Gasteiger partial charge on any atom is -0.367 e.